The van der Waals surface area contributed by atoms with E-state index in [0.717, 1.165) is 0 Å². The number of aliphatic hydroxyl groups is 5. The molecule has 13 heteroatoms. The summed E-state index contributed by atoms with van der Waals surface area (Å²) >= 11 is 0. The van der Waals surface area contributed by atoms with E-state index in [1.165, 1.54) is 0 Å². The summed E-state index contributed by atoms with van der Waals surface area (Å²) in [7, 11) is 0. The van der Waals surface area contributed by atoms with Gasteiger partial charge in [-0.05, 0) is 6.42 Å². The van der Waals surface area contributed by atoms with Crippen LogP contribution in [0.2, 0.25) is 0 Å². The summed E-state index contributed by atoms with van der Waals surface area (Å²) in [5.41, 5.74) is 17.9. The van der Waals surface area contributed by atoms with E-state index in [9.17, 15) is 25.5 Å². The highest BCUT2D eigenvalue weighted by atomic mass is 16.7. The van der Waals surface area contributed by atoms with Crippen molar-refractivity contribution in [1.29, 1.82) is 0 Å². The van der Waals surface area contributed by atoms with Gasteiger partial charge in [-0.1, -0.05) is 0 Å². The van der Waals surface area contributed by atoms with E-state index < -0.39 is 85.6 Å². The van der Waals surface area contributed by atoms with Crippen molar-refractivity contribution < 1.29 is 44.5 Å². The molecule has 0 unspecified atom stereocenters. The summed E-state index contributed by atoms with van der Waals surface area (Å²) in [4.78, 5) is 0. The zero-order valence-electron chi connectivity index (χ0n) is 16.3. The van der Waals surface area contributed by atoms with Crippen molar-refractivity contribution in [3.05, 3.63) is 0 Å². The molecule has 3 heterocycles. The Balaban J connectivity index is 1.67. The molecule has 0 aromatic heterocycles. The lowest BCUT2D eigenvalue weighted by atomic mass is 9.84. The third kappa shape index (κ3) is 3.88. The lowest BCUT2D eigenvalue weighted by molar-refractivity contribution is -0.306. The summed E-state index contributed by atoms with van der Waals surface area (Å²) < 4.78 is 23.3. The zero-order valence-corrected chi connectivity index (χ0v) is 16.3. The molecule has 12 N–H and O–H groups in total. The van der Waals surface area contributed by atoms with Gasteiger partial charge in [-0.15, -0.1) is 0 Å². The maximum atomic E-state index is 10.7. The first kappa shape index (κ1) is 22.7. The van der Waals surface area contributed by atoms with Crippen LogP contribution in [0.25, 0.3) is 0 Å². The van der Waals surface area contributed by atoms with Crippen LogP contribution in [-0.4, -0.2) is 124 Å². The van der Waals surface area contributed by atoms with Gasteiger partial charge in [-0.25, -0.2) is 0 Å². The molecule has 4 fully saturated rings. The highest BCUT2D eigenvalue weighted by Gasteiger charge is 2.53. The second-order valence-corrected chi connectivity index (χ2v) is 8.47. The molecule has 13 nitrogen and oxygen atoms in total. The lowest BCUT2D eigenvalue weighted by Gasteiger charge is -2.48. The summed E-state index contributed by atoms with van der Waals surface area (Å²) in [5.74, 6) is 0. The zero-order chi connectivity index (χ0) is 21.7. The van der Waals surface area contributed by atoms with Crippen LogP contribution in [0.1, 0.15) is 6.42 Å². The molecule has 3 saturated heterocycles. The smallest absolute Gasteiger partial charge is 0.187 e. The molecule has 0 spiro atoms. The Morgan fingerprint density at radius 3 is 2.13 bits per heavy atom. The molecule has 0 aromatic rings. The Bertz CT molecular complexity index is 606. The first-order valence-electron chi connectivity index (χ1n) is 10.2. The van der Waals surface area contributed by atoms with Crippen LogP contribution < -0.4 is 22.5 Å². The van der Waals surface area contributed by atoms with E-state index in [-0.39, 0.29) is 19.5 Å². The number of nitrogens with one attached hydrogen (secondary N) is 1. The fourth-order valence-corrected chi connectivity index (χ4v) is 4.62. The molecular formula is C17H32N4O9. The minimum atomic E-state index is -1.38. The molecule has 2 bridgehead atoms. The van der Waals surface area contributed by atoms with Crippen molar-refractivity contribution in [3.8, 4) is 0 Å². The number of aliphatic hydroxyl groups excluding tert-OH is 5. The first-order chi connectivity index (χ1) is 14.2. The van der Waals surface area contributed by atoms with Crippen LogP contribution >= 0.6 is 0 Å². The molecule has 174 valence electrons. The molecule has 30 heavy (non-hydrogen) atoms. The van der Waals surface area contributed by atoms with E-state index >= 15 is 0 Å². The fraction of sp³-hybridized carbons (Fsp3) is 1.00. The topological polar surface area (TPSA) is 228 Å². The molecule has 4 aliphatic rings. The standard InChI is InChI=1S/C17H32N4O9/c18-2-6-10(23)12(25)8-16(27-6)29-14-5(20)1-4(19)9(22)15(14)30-17-13(26)11(24)7(28-17)3-21-8/h4-17,21-26H,1-3,18-20H2/t4-,5+,6-,7-,8-,9+,10-,11-,12-,13-,14-,15-,16-,17+/m1/s1. The van der Waals surface area contributed by atoms with Gasteiger partial charge in [0.1, 0.15) is 48.8 Å². The number of fused-ring (bicyclic) bond motifs is 4. The SMILES string of the molecule is NC[C@H]1O[C@@H]2O[C@H]3[C@H](O[C@@H]4O[C@H](CN[C@@H]2[C@@H](O)[C@@H]1O)[C@@H](O)[C@H]4O)[C@@H](O)[C@H](N)C[C@@H]3N. The van der Waals surface area contributed by atoms with E-state index in [4.69, 9.17) is 36.1 Å². The van der Waals surface area contributed by atoms with Crippen LogP contribution in [0.3, 0.4) is 0 Å². The summed E-state index contributed by atoms with van der Waals surface area (Å²) in [6.45, 7) is -0.0693. The highest BCUT2D eigenvalue weighted by molar-refractivity contribution is 5.03. The van der Waals surface area contributed by atoms with Gasteiger partial charge in [0.05, 0.1) is 12.1 Å². The number of hydrogen-bond donors (Lipinski definition) is 9. The summed E-state index contributed by atoms with van der Waals surface area (Å²) in [5, 5.41) is 55.3. The molecular weight excluding hydrogens is 404 g/mol. The number of rotatable bonds is 1. The molecule has 14 atom stereocenters. The second-order valence-electron chi connectivity index (χ2n) is 8.47. The van der Waals surface area contributed by atoms with Crippen molar-refractivity contribution in [2.75, 3.05) is 13.1 Å². The van der Waals surface area contributed by atoms with Gasteiger partial charge in [-0.3, -0.25) is 0 Å². The van der Waals surface area contributed by atoms with Crippen molar-refractivity contribution in [3.63, 3.8) is 0 Å². The molecule has 0 radical (unpaired) electrons. The van der Waals surface area contributed by atoms with E-state index in [2.05, 4.69) is 5.32 Å². The summed E-state index contributed by atoms with van der Waals surface area (Å²) in [6, 6.07) is -2.31. The monoisotopic (exact) mass is 436 g/mol. The largest absolute Gasteiger partial charge is 0.389 e. The molecule has 4 rings (SSSR count). The van der Waals surface area contributed by atoms with Gasteiger partial charge >= 0.3 is 0 Å². The first-order valence-corrected chi connectivity index (χ1v) is 10.2. The van der Waals surface area contributed by atoms with Crippen LogP contribution in [0.5, 0.6) is 0 Å². The minimum Gasteiger partial charge on any atom is -0.389 e. The maximum Gasteiger partial charge on any atom is 0.187 e. The van der Waals surface area contributed by atoms with Gasteiger partial charge < -0.3 is 67.0 Å². The number of ether oxygens (including phenoxy) is 4. The second kappa shape index (κ2) is 8.78. The predicted molar refractivity (Wildman–Crippen MR) is 98.5 cm³/mol. The van der Waals surface area contributed by atoms with E-state index in [0.29, 0.717) is 0 Å². The average molecular weight is 436 g/mol. The van der Waals surface area contributed by atoms with Crippen molar-refractivity contribution in [1.82, 2.24) is 5.32 Å². The quantitative estimate of drug-likeness (QED) is 0.187. The molecule has 0 aromatic carbocycles. The van der Waals surface area contributed by atoms with Gasteiger partial charge in [0.25, 0.3) is 0 Å². The van der Waals surface area contributed by atoms with Crippen molar-refractivity contribution in [2.45, 2.75) is 92.1 Å². The van der Waals surface area contributed by atoms with Gasteiger partial charge in [0.15, 0.2) is 12.6 Å². The molecule has 1 aliphatic carbocycles. The minimum absolute atomic E-state index is 0.00744. The molecule has 3 aliphatic heterocycles. The van der Waals surface area contributed by atoms with Gasteiger partial charge in [0, 0.05) is 25.2 Å². The van der Waals surface area contributed by atoms with Crippen molar-refractivity contribution in [2.24, 2.45) is 17.2 Å². The van der Waals surface area contributed by atoms with Crippen molar-refractivity contribution >= 4 is 0 Å². The van der Waals surface area contributed by atoms with Crippen LogP contribution in [0.4, 0.5) is 0 Å². The van der Waals surface area contributed by atoms with E-state index in [1.807, 2.05) is 0 Å². The Labute approximate surface area is 173 Å². The van der Waals surface area contributed by atoms with Gasteiger partial charge in [-0.2, -0.15) is 0 Å². The fourth-order valence-electron chi connectivity index (χ4n) is 4.62. The Kier molecular flexibility index (Phi) is 6.64. The molecule has 0 amide bonds. The Morgan fingerprint density at radius 2 is 1.43 bits per heavy atom. The number of nitrogens with two attached hydrogens (primary N) is 3. The van der Waals surface area contributed by atoms with Gasteiger partial charge in [0.2, 0.25) is 0 Å². The van der Waals surface area contributed by atoms with Crippen LogP contribution in [0, 0.1) is 0 Å². The number of hydrogen-bond acceptors (Lipinski definition) is 13. The predicted octanol–water partition coefficient (Wildman–Crippen LogP) is -6.00. The maximum absolute atomic E-state index is 10.7. The van der Waals surface area contributed by atoms with Crippen LogP contribution in [-0.2, 0) is 18.9 Å². The highest BCUT2D eigenvalue weighted by Crippen LogP contribution is 2.33. The third-order valence-electron chi connectivity index (χ3n) is 6.45. The average Bonchev–Trinajstić information content (AvgIpc) is 2.96. The normalized spacial score (nSPS) is 57.2. The Hall–Kier alpha value is -0.520. The molecule has 1 saturated carbocycles. The summed E-state index contributed by atoms with van der Waals surface area (Å²) in [6.07, 6.45) is -12.4. The van der Waals surface area contributed by atoms with E-state index in [1.54, 1.807) is 0 Å². The van der Waals surface area contributed by atoms with Crippen LogP contribution in [0.15, 0.2) is 0 Å². The third-order valence-corrected chi connectivity index (χ3v) is 6.45. The Morgan fingerprint density at radius 1 is 0.733 bits per heavy atom. The lowest BCUT2D eigenvalue weighted by Crippen LogP contribution is -2.69.